The Balaban J connectivity index is 1.72. The second-order valence-corrected chi connectivity index (χ2v) is 12.4. The first-order chi connectivity index (χ1) is 17.7. The third kappa shape index (κ3) is 5.74. The first kappa shape index (κ1) is 28.1. The van der Waals surface area contributed by atoms with Gasteiger partial charge in [-0.2, -0.15) is 4.31 Å². The van der Waals surface area contributed by atoms with Crippen molar-refractivity contribution < 1.29 is 17.9 Å². The molecule has 200 valence electrons. The van der Waals surface area contributed by atoms with Crippen LogP contribution in [0.3, 0.4) is 0 Å². The van der Waals surface area contributed by atoms with Gasteiger partial charge in [-0.25, -0.2) is 13.4 Å². The van der Waals surface area contributed by atoms with Crippen LogP contribution in [-0.2, 0) is 14.8 Å². The minimum atomic E-state index is -3.89. The molecule has 1 unspecified atom stereocenters. The Kier molecular flexibility index (Phi) is 8.98. The number of fused-ring (bicyclic) bond motifs is 1. The van der Waals surface area contributed by atoms with Crippen molar-refractivity contribution in [2.75, 3.05) is 44.7 Å². The van der Waals surface area contributed by atoms with E-state index in [0.29, 0.717) is 57.1 Å². The molecule has 37 heavy (non-hydrogen) atoms. The molecular weight excluding hydrogens is 555 g/mol. The fourth-order valence-electron chi connectivity index (χ4n) is 4.50. The van der Waals surface area contributed by atoms with E-state index in [2.05, 4.69) is 18.7 Å². The minimum absolute atomic E-state index is 0.114. The van der Waals surface area contributed by atoms with Crippen molar-refractivity contribution in [3.63, 3.8) is 0 Å². The minimum Gasteiger partial charge on any atom is -0.494 e. The molecular formula is C25H30Cl2N4O4S2. The van der Waals surface area contributed by atoms with Gasteiger partial charge in [0.15, 0.2) is 5.13 Å². The van der Waals surface area contributed by atoms with E-state index in [1.807, 2.05) is 0 Å². The summed E-state index contributed by atoms with van der Waals surface area (Å²) in [7, 11) is -2.33. The van der Waals surface area contributed by atoms with Gasteiger partial charge in [0, 0.05) is 24.7 Å². The normalized spacial score (nSPS) is 16.5. The molecule has 1 aliphatic heterocycles. The molecule has 3 aromatic rings. The first-order valence-electron chi connectivity index (χ1n) is 12.1. The second kappa shape index (κ2) is 11.8. The van der Waals surface area contributed by atoms with Crippen molar-refractivity contribution in [3.05, 3.63) is 46.4 Å². The van der Waals surface area contributed by atoms with E-state index in [1.165, 1.54) is 39.9 Å². The maximum absolute atomic E-state index is 14.1. The molecule has 0 aliphatic carbocycles. The number of sulfonamides is 1. The number of aromatic nitrogens is 1. The number of amides is 1. The van der Waals surface area contributed by atoms with E-state index in [0.717, 1.165) is 13.1 Å². The molecule has 2 heterocycles. The number of hydrogen-bond acceptors (Lipinski definition) is 7. The summed E-state index contributed by atoms with van der Waals surface area (Å²) in [6.07, 6.45) is 1.02. The molecule has 0 saturated carbocycles. The van der Waals surface area contributed by atoms with Crippen molar-refractivity contribution in [1.82, 2.24) is 14.2 Å². The van der Waals surface area contributed by atoms with Crippen molar-refractivity contribution in [2.45, 2.75) is 37.6 Å². The summed E-state index contributed by atoms with van der Waals surface area (Å²) in [6, 6.07) is 8.67. The van der Waals surface area contributed by atoms with E-state index < -0.39 is 16.1 Å². The summed E-state index contributed by atoms with van der Waals surface area (Å²) >= 11 is 13.7. The number of benzene rings is 2. The average Bonchev–Trinajstić information content (AvgIpc) is 3.56. The number of rotatable bonds is 10. The molecule has 0 bridgehead atoms. The van der Waals surface area contributed by atoms with E-state index in [9.17, 15) is 13.2 Å². The van der Waals surface area contributed by atoms with Crippen LogP contribution in [0, 0.1) is 0 Å². The van der Waals surface area contributed by atoms with Gasteiger partial charge in [0.2, 0.25) is 15.9 Å². The van der Waals surface area contributed by atoms with Gasteiger partial charge in [-0.1, -0.05) is 48.4 Å². The van der Waals surface area contributed by atoms with Crippen LogP contribution in [0.15, 0.2) is 41.3 Å². The molecule has 2 aromatic carbocycles. The Labute approximate surface area is 231 Å². The van der Waals surface area contributed by atoms with Crippen LogP contribution in [0.4, 0.5) is 5.13 Å². The summed E-state index contributed by atoms with van der Waals surface area (Å²) in [4.78, 5) is 22.7. The lowest BCUT2D eigenvalue weighted by Crippen LogP contribution is -2.49. The Morgan fingerprint density at radius 1 is 1.14 bits per heavy atom. The molecule has 1 atom stereocenters. The molecule has 0 spiro atoms. The van der Waals surface area contributed by atoms with Crippen LogP contribution in [0.25, 0.3) is 10.2 Å². The molecule has 1 aliphatic rings. The predicted octanol–water partition coefficient (Wildman–Crippen LogP) is 5.14. The quantitative estimate of drug-likeness (QED) is 0.328. The Hall–Kier alpha value is -1.95. The lowest BCUT2D eigenvalue weighted by atomic mass is 10.2. The number of anilines is 1. The summed E-state index contributed by atoms with van der Waals surface area (Å²) < 4.78 is 34.5. The summed E-state index contributed by atoms with van der Waals surface area (Å²) in [6.45, 7) is 7.05. The maximum atomic E-state index is 14.1. The summed E-state index contributed by atoms with van der Waals surface area (Å²) in [5.74, 6) is 0.266. The van der Waals surface area contributed by atoms with Gasteiger partial charge in [-0.15, -0.1) is 0 Å². The number of halogens is 2. The number of methoxy groups -OCH3 is 1. The second-order valence-electron chi connectivity index (χ2n) is 8.67. The number of ether oxygens (including phenoxy) is 1. The molecule has 1 amide bonds. The zero-order valence-corrected chi connectivity index (χ0v) is 24.1. The van der Waals surface area contributed by atoms with E-state index in [-0.39, 0.29) is 17.3 Å². The number of likely N-dealkylation sites (N-methyl/N-ethyl adjacent to an activating group) is 1. The lowest BCUT2D eigenvalue weighted by Gasteiger charge is -2.30. The van der Waals surface area contributed by atoms with Crippen LogP contribution in [0.2, 0.25) is 10.0 Å². The SMILES string of the molecule is CCN(CC)CCN(C(=O)C1CCCN1S(=O)(=O)c1ccc(Cl)cc1)c1nc2c(OC)ccc(Cl)c2s1. The van der Waals surface area contributed by atoms with Crippen LogP contribution in [0.5, 0.6) is 5.75 Å². The van der Waals surface area contributed by atoms with Gasteiger partial charge in [0.1, 0.15) is 17.3 Å². The van der Waals surface area contributed by atoms with Crippen molar-refractivity contribution in [1.29, 1.82) is 0 Å². The number of nitrogens with zero attached hydrogens (tertiary/aromatic N) is 4. The van der Waals surface area contributed by atoms with E-state index in [1.54, 1.807) is 24.1 Å². The van der Waals surface area contributed by atoms with E-state index in [4.69, 9.17) is 32.9 Å². The molecule has 1 fully saturated rings. The molecule has 8 nitrogen and oxygen atoms in total. The highest BCUT2D eigenvalue weighted by Crippen LogP contribution is 2.39. The fraction of sp³-hybridized carbons (Fsp3) is 0.440. The molecule has 0 radical (unpaired) electrons. The highest BCUT2D eigenvalue weighted by molar-refractivity contribution is 7.89. The Morgan fingerprint density at radius 2 is 1.84 bits per heavy atom. The molecule has 4 rings (SSSR count). The molecule has 0 N–H and O–H groups in total. The average molecular weight is 586 g/mol. The number of thiazole rings is 1. The van der Waals surface area contributed by atoms with Crippen LogP contribution >= 0.6 is 34.5 Å². The van der Waals surface area contributed by atoms with Gasteiger partial charge in [-0.3, -0.25) is 9.69 Å². The maximum Gasteiger partial charge on any atom is 0.247 e. The van der Waals surface area contributed by atoms with Crippen molar-refractivity contribution in [3.8, 4) is 5.75 Å². The van der Waals surface area contributed by atoms with Gasteiger partial charge in [0.25, 0.3) is 0 Å². The highest BCUT2D eigenvalue weighted by Gasteiger charge is 2.42. The van der Waals surface area contributed by atoms with Gasteiger partial charge >= 0.3 is 0 Å². The summed E-state index contributed by atoms with van der Waals surface area (Å²) in [5, 5.41) is 1.43. The topological polar surface area (TPSA) is 83.0 Å². The Bertz CT molecular complexity index is 1360. The van der Waals surface area contributed by atoms with Crippen molar-refractivity contribution in [2.24, 2.45) is 0 Å². The number of carbonyl (C=O) groups excluding carboxylic acids is 1. The largest absolute Gasteiger partial charge is 0.494 e. The van der Waals surface area contributed by atoms with Crippen molar-refractivity contribution >= 4 is 65.8 Å². The predicted molar refractivity (Wildman–Crippen MR) is 150 cm³/mol. The zero-order valence-electron chi connectivity index (χ0n) is 21.0. The monoisotopic (exact) mass is 584 g/mol. The van der Waals surface area contributed by atoms with Crippen LogP contribution < -0.4 is 9.64 Å². The van der Waals surface area contributed by atoms with Gasteiger partial charge in [0.05, 0.1) is 21.7 Å². The first-order valence-corrected chi connectivity index (χ1v) is 15.2. The third-order valence-corrected chi connectivity index (χ3v) is 10.3. The van der Waals surface area contributed by atoms with Gasteiger partial charge < -0.3 is 9.64 Å². The van der Waals surface area contributed by atoms with Crippen LogP contribution in [0.1, 0.15) is 26.7 Å². The lowest BCUT2D eigenvalue weighted by molar-refractivity contribution is -0.121. The zero-order chi connectivity index (χ0) is 26.7. The molecule has 12 heteroatoms. The molecule has 1 aromatic heterocycles. The highest BCUT2D eigenvalue weighted by atomic mass is 35.5. The third-order valence-electron chi connectivity index (χ3n) is 6.61. The molecule has 1 saturated heterocycles. The Morgan fingerprint density at radius 3 is 2.49 bits per heavy atom. The fourth-order valence-corrected chi connectivity index (χ4v) is 7.56. The van der Waals surface area contributed by atoms with Gasteiger partial charge in [-0.05, 0) is 62.3 Å². The standard InChI is InChI=1S/C25H30Cl2N4O4S2/c1-4-29(5-2)15-16-30(25-28-22-21(35-3)13-12-19(27)23(22)36-25)24(32)20-7-6-14-31(20)37(33,34)18-10-8-17(26)9-11-18/h8-13,20H,4-7,14-16H2,1-3H3. The van der Waals surface area contributed by atoms with E-state index >= 15 is 0 Å². The number of hydrogen-bond donors (Lipinski definition) is 0. The smallest absolute Gasteiger partial charge is 0.247 e. The van der Waals surface area contributed by atoms with Crippen LogP contribution in [-0.4, -0.2) is 74.4 Å². The number of carbonyl (C=O) groups is 1. The summed E-state index contributed by atoms with van der Waals surface area (Å²) in [5.41, 5.74) is 0.577.